The van der Waals surface area contributed by atoms with Gasteiger partial charge < -0.3 is 15.7 Å². The summed E-state index contributed by atoms with van der Waals surface area (Å²) in [6.07, 6.45) is 8.52. The molecule has 4 nitrogen and oxygen atoms in total. The molecule has 2 fully saturated rings. The van der Waals surface area contributed by atoms with Crippen molar-refractivity contribution in [2.75, 3.05) is 13.1 Å². The molecule has 1 saturated heterocycles. The maximum Gasteiger partial charge on any atom is 0.323 e. The Hall–Kier alpha value is -0.610. The van der Waals surface area contributed by atoms with Gasteiger partial charge in [0.15, 0.2) is 0 Å². The standard InChI is InChI=1S/C14H26N2O2/c1-14(15,13(17)18)8-10-16-9-4-6-11-5-2-3-7-12(11)16/h11-12H,2-10,15H2,1H3,(H,17,18). The Balaban J connectivity index is 1.90. The van der Waals surface area contributed by atoms with E-state index in [4.69, 9.17) is 10.8 Å². The molecule has 1 saturated carbocycles. The van der Waals surface area contributed by atoms with Crippen LogP contribution in [0.4, 0.5) is 0 Å². The number of fused-ring (bicyclic) bond motifs is 1. The highest BCUT2D eigenvalue weighted by Gasteiger charge is 2.35. The highest BCUT2D eigenvalue weighted by atomic mass is 16.4. The topological polar surface area (TPSA) is 66.6 Å². The molecule has 0 spiro atoms. The third-order valence-corrected chi connectivity index (χ3v) is 4.77. The van der Waals surface area contributed by atoms with Gasteiger partial charge >= 0.3 is 5.97 Å². The predicted molar refractivity (Wildman–Crippen MR) is 71.4 cm³/mol. The highest BCUT2D eigenvalue weighted by molar-refractivity contribution is 5.77. The number of hydrogen-bond donors (Lipinski definition) is 2. The minimum atomic E-state index is -1.08. The van der Waals surface area contributed by atoms with Gasteiger partial charge in [0.2, 0.25) is 0 Å². The average molecular weight is 254 g/mol. The summed E-state index contributed by atoms with van der Waals surface area (Å²) in [5, 5.41) is 9.06. The van der Waals surface area contributed by atoms with Crippen LogP contribution in [0.5, 0.6) is 0 Å². The minimum Gasteiger partial charge on any atom is -0.480 e. The molecule has 0 amide bonds. The van der Waals surface area contributed by atoms with Crippen LogP contribution in [0.25, 0.3) is 0 Å². The lowest BCUT2D eigenvalue weighted by atomic mass is 9.78. The van der Waals surface area contributed by atoms with Crippen LogP contribution in [0.2, 0.25) is 0 Å². The first kappa shape index (κ1) is 13.8. The molecule has 3 unspecified atom stereocenters. The molecule has 1 heterocycles. The molecule has 18 heavy (non-hydrogen) atoms. The molecular weight excluding hydrogens is 228 g/mol. The van der Waals surface area contributed by atoms with E-state index < -0.39 is 11.5 Å². The smallest absolute Gasteiger partial charge is 0.323 e. The van der Waals surface area contributed by atoms with E-state index in [2.05, 4.69) is 4.90 Å². The second-order valence-corrected chi connectivity index (χ2v) is 6.26. The van der Waals surface area contributed by atoms with Gasteiger partial charge in [-0.15, -0.1) is 0 Å². The minimum absolute atomic E-state index is 0.547. The van der Waals surface area contributed by atoms with Crippen LogP contribution < -0.4 is 5.73 Å². The molecular formula is C14H26N2O2. The van der Waals surface area contributed by atoms with Crippen molar-refractivity contribution in [3.8, 4) is 0 Å². The Kier molecular flexibility index (Phi) is 4.28. The summed E-state index contributed by atoms with van der Waals surface area (Å²) in [7, 11) is 0. The van der Waals surface area contributed by atoms with Crippen LogP contribution in [0.3, 0.4) is 0 Å². The zero-order valence-corrected chi connectivity index (χ0v) is 11.4. The van der Waals surface area contributed by atoms with Gasteiger partial charge in [-0.05, 0) is 51.5 Å². The quantitative estimate of drug-likeness (QED) is 0.803. The third-order valence-electron chi connectivity index (χ3n) is 4.77. The van der Waals surface area contributed by atoms with Crippen molar-refractivity contribution in [2.45, 2.75) is 63.5 Å². The number of carbonyl (C=O) groups is 1. The van der Waals surface area contributed by atoms with Crippen molar-refractivity contribution in [1.29, 1.82) is 0 Å². The normalized spacial score (nSPS) is 32.6. The van der Waals surface area contributed by atoms with Gasteiger partial charge in [-0.1, -0.05) is 12.8 Å². The van der Waals surface area contributed by atoms with E-state index in [1.54, 1.807) is 6.92 Å². The second kappa shape index (κ2) is 5.57. The van der Waals surface area contributed by atoms with Gasteiger partial charge in [-0.25, -0.2) is 0 Å². The fourth-order valence-electron chi connectivity index (χ4n) is 3.49. The lowest BCUT2D eigenvalue weighted by Gasteiger charge is -2.44. The van der Waals surface area contributed by atoms with Crippen molar-refractivity contribution in [1.82, 2.24) is 4.90 Å². The van der Waals surface area contributed by atoms with E-state index >= 15 is 0 Å². The highest BCUT2D eigenvalue weighted by Crippen LogP contribution is 2.35. The van der Waals surface area contributed by atoms with Crippen molar-refractivity contribution < 1.29 is 9.90 Å². The van der Waals surface area contributed by atoms with Crippen LogP contribution in [0.15, 0.2) is 0 Å². The van der Waals surface area contributed by atoms with E-state index in [0.717, 1.165) is 19.0 Å². The van der Waals surface area contributed by atoms with Crippen LogP contribution in [0.1, 0.15) is 51.9 Å². The molecule has 2 aliphatic rings. The Morgan fingerprint density at radius 1 is 1.33 bits per heavy atom. The summed E-state index contributed by atoms with van der Waals surface area (Å²) in [6, 6.07) is 0.692. The first-order valence-corrected chi connectivity index (χ1v) is 7.27. The van der Waals surface area contributed by atoms with Gasteiger partial charge in [0, 0.05) is 12.6 Å². The summed E-state index contributed by atoms with van der Waals surface area (Å²) in [6.45, 7) is 3.58. The fourth-order valence-corrected chi connectivity index (χ4v) is 3.49. The number of piperidine rings is 1. The maximum atomic E-state index is 11.0. The zero-order valence-electron chi connectivity index (χ0n) is 11.4. The maximum absolute atomic E-state index is 11.0. The van der Waals surface area contributed by atoms with Gasteiger partial charge in [-0.3, -0.25) is 4.79 Å². The number of nitrogens with two attached hydrogens (primary N) is 1. The molecule has 4 heteroatoms. The summed E-state index contributed by atoms with van der Waals surface area (Å²) in [5.74, 6) is -0.0407. The molecule has 0 radical (unpaired) electrons. The van der Waals surface area contributed by atoms with Crippen molar-refractivity contribution in [2.24, 2.45) is 11.7 Å². The lowest BCUT2D eigenvalue weighted by molar-refractivity contribution is -0.143. The number of carboxylic acids is 1. The Morgan fingerprint density at radius 2 is 2.00 bits per heavy atom. The molecule has 2 rings (SSSR count). The second-order valence-electron chi connectivity index (χ2n) is 6.26. The molecule has 0 aromatic rings. The predicted octanol–water partition coefficient (Wildman–Crippen LogP) is 1.83. The number of aliphatic carboxylic acids is 1. The Morgan fingerprint density at radius 3 is 2.72 bits per heavy atom. The largest absolute Gasteiger partial charge is 0.480 e. The van der Waals surface area contributed by atoms with E-state index in [1.807, 2.05) is 0 Å². The van der Waals surface area contributed by atoms with Crippen molar-refractivity contribution >= 4 is 5.97 Å². The molecule has 1 aliphatic heterocycles. The fraction of sp³-hybridized carbons (Fsp3) is 0.929. The van der Waals surface area contributed by atoms with Crippen LogP contribution in [-0.4, -0.2) is 40.6 Å². The molecule has 3 atom stereocenters. The zero-order chi connectivity index (χ0) is 13.2. The molecule has 1 aliphatic carbocycles. The molecule has 3 N–H and O–H groups in total. The van der Waals surface area contributed by atoms with Crippen LogP contribution >= 0.6 is 0 Å². The number of likely N-dealkylation sites (tertiary alicyclic amines) is 1. The van der Waals surface area contributed by atoms with Gasteiger partial charge in [0.05, 0.1) is 0 Å². The van der Waals surface area contributed by atoms with Gasteiger partial charge in [-0.2, -0.15) is 0 Å². The van der Waals surface area contributed by atoms with Gasteiger partial charge in [0.25, 0.3) is 0 Å². The summed E-state index contributed by atoms with van der Waals surface area (Å²) >= 11 is 0. The molecule has 0 bridgehead atoms. The molecule has 104 valence electrons. The third kappa shape index (κ3) is 3.04. The summed E-state index contributed by atoms with van der Waals surface area (Å²) in [4.78, 5) is 13.5. The monoisotopic (exact) mass is 254 g/mol. The van der Waals surface area contributed by atoms with E-state index in [-0.39, 0.29) is 0 Å². The van der Waals surface area contributed by atoms with Crippen LogP contribution in [-0.2, 0) is 4.79 Å². The van der Waals surface area contributed by atoms with E-state index in [0.29, 0.717) is 12.5 Å². The van der Waals surface area contributed by atoms with E-state index in [9.17, 15) is 4.79 Å². The summed E-state index contributed by atoms with van der Waals surface area (Å²) in [5.41, 5.74) is 4.74. The molecule has 0 aromatic heterocycles. The Labute approximate surface area is 110 Å². The average Bonchev–Trinajstić information content (AvgIpc) is 2.36. The van der Waals surface area contributed by atoms with E-state index in [1.165, 1.54) is 38.5 Å². The first-order chi connectivity index (χ1) is 8.50. The number of rotatable bonds is 4. The lowest BCUT2D eigenvalue weighted by Crippen LogP contribution is -2.51. The number of carboxylic acid groups (broad SMARTS) is 1. The summed E-state index contributed by atoms with van der Waals surface area (Å²) < 4.78 is 0. The first-order valence-electron chi connectivity index (χ1n) is 7.27. The number of nitrogens with zero attached hydrogens (tertiary/aromatic N) is 1. The molecule has 0 aromatic carbocycles. The van der Waals surface area contributed by atoms with Gasteiger partial charge in [0.1, 0.15) is 5.54 Å². The number of hydrogen-bond acceptors (Lipinski definition) is 3. The van der Waals surface area contributed by atoms with Crippen LogP contribution in [0, 0.1) is 5.92 Å². The van der Waals surface area contributed by atoms with Crippen molar-refractivity contribution in [3.05, 3.63) is 0 Å². The Bertz CT molecular complexity index is 302. The SMILES string of the molecule is CC(N)(CCN1CCCC2CCCCC21)C(=O)O. The van der Waals surface area contributed by atoms with Crippen molar-refractivity contribution in [3.63, 3.8) is 0 Å².